The Morgan fingerprint density at radius 3 is 2.25 bits per heavy atom. The Hall–Kier alpha value is -0.820. The molecule has 0 aliphatic rings. The number of carboxylic acid groups (broad SMARTS) is 1. The Morgan fingerprint density at radius 1 is 1.44 bits per heavy atom. The van der Waals surface area contributed by atoms with Gasteiger partial charge < -0.3 is 9.84 Å². The van der Waals surface area contributed by atoms with Crippen molar-refractivity contribution in [2.45, 2.75) is 25.1 Å². The van der Waals surface area contributed by atoms with Crippen molar-refractivity contribution < 1.29 is 27.8 Å². The first kappa shape index (κ1) is 15.2. The number of aliphatic carboxylic acids is 1. The maximum absolute atomic E-state index is 12.2. The molecular weight excluding hydrogens is 227 g/mol. The molecule has 0 aromatic rings. The van der Waals surface area contributed by atoms with E-state index < -0.39 is 24.2 Å². The van der Waals surface area contributed by atoms with Crippen LogP contribution >= 0.6 is 0 Å². The van der Waals surface area contributed by atoms with E-state index in [1.54, 1.807) is 0 Å². The molecule has 0 rings (SSSR count). The Balaban J connectivity index is 4.70. The fraction of sp³-hybridized carbons (Fsp3) is 0.889. The molecule has 96 valence electrons. The van der Waals surface area contributed by atoms with E-state index in [-0.39, 0.29) is 13.0 Å². The number of carboxylic acids is 1. The summed E-state index contributed by atoms with van der Waals surface area (Å²) in [6, 6.07) is 0. The Bertz CT molecular complexity index is 245. The van der Waals surface area contributed by atoms with Crippen LogP contribution in [0.4, 0.5) is 13.2 Å². The van der Waals surface area contributed by atoms with Crippen molar-refractivity contribution in [1.82, 2.24) is 4.90 Å². The largest absolute Gasteiger partial charge is 0.480 e. The molecule has 0 fully saturated rings. The molecule has 0 amide bonds. The highest BCUT2D eigenvalue weighted by Gasteiger charge is 2.42. The molecule has 4 nitrogen and oxygen atoms in total. The molecule has 0 saturated carbocycles. The number of halogens is 3. The van der Waals surface area contributed by atoms with Crippen molar-refractivity contribution in [2.75, 3.05) is 27.3 Å². The van der Waals surface area contributed by atoms with Crippen molar-refractivity contribution in [3.63, 3.8) is 0 Å². The smallest absolute Gasteiger partial charge is 0.401 e. The summed E-state index contributed by atoms with van der Waals surface area (Å²) >= 11 is 0. The highest BCUT2D eigenvalue weighted by atomic mass is 19.4. The third-order valence-electron chi connectivity index (χ3n) is 2.51. The Kier molecular flexibility index (Phi) is 5.21. The quantitative estimate of drug-likeness (QED) is 0.765. The van der Waals surface area contributed by atoms with Crippen molar-refractivity contribution >= 4 is 5.97 Å². The molecule has 0 aromatic heterocycles. The molecule has 1 atom stereocenters. The predicted molar refractivity (Wildman–Crippen MR) is 51.2 cm³/mol. The van der Waals surface area contributed by atoms with Gasteiger partial charge >= 0.3 is 12.1 Å². The van der Waals surface area contributed by atoms with Crippen molar-refractivity contribution in [3.05, 3.63) is 0 Å². The SMILES string of the molecule is COCCC(C)(C(=O)O)N(C)CC(F)(F)F. The van der Waals surface area contributed by atoms with Gasteiger partial charge in [-0.05, 0) is 20.4 Å². The molecule has 0 bridgehead atoms. The lowest BCUT2D eigenvalue weighted by atomic mass is 9.96. The van der Waals surface area contributed by atoms with Gasteiger partial charge in [0.15, 0.2) is 0 Å². The molecule has 0 heterocycles. The van der Waals surface area contributed by atoms with Crippen LogP contribution in [0, 0.1) is 0 Å². The predicted octanol–water partition coefficient (Wildman–Crippen LogP) is 1.36. The van der Waals surface area contributed by atoms with Crippen LogP contribution in [0.25, 0.3) is 0 Å². The lowest BCUT2D eigenvalue weighted by Gasteiger charge is -2.35. The number of likely N-dealkylation sites (N-methyl/N-ethyl adjacent to an activating group) is 1. The number of nitrogens with zero attached hydrogens (tertiary/aromatic N) is 1. The van der Waals surface area contributed by atoms with Gasteiger partial charge in [0.25, 0.3) is 0 Å². The van der Waals surface area contributed by atoms with E-state index in [2.05, 4.69) is 0 Å². The van der Waals surface area contributed by atoms with Gasteiger partial charge in [-0.25, -0.2) is 0 Å². The van der Waals surface area contributed by atoms with E-state index >= 15 is 0 Å². The molecule has 1 N–H and O–H groups in total. The van der Waals surface area contributed by atoms with Gasteiger partial charge in [0, 0.05) is 13.7 Å². The third kappa shape index (κ3) is 4.36. The summed E-state index contributed by atoms with van der Waals surface area (Å²) in [4.78, 5) is 11.8. The third-order valence-corrected chi connectivity index (χ3v) is 2.51. The summed E-state index contributed by atoms with van der Waals surface area (Å²) in [5.41, 5.74) is -1.58. The summed E-state index contributed by atoms with van der Waals surface area (Å²) in [5.74, 6) is -1.30. The van der Waals surface area contributed by atoms with Crippen molar-refractivity contribution in [2.24, 2.45) is 0 Å². The minimum Gasteiger partial charge on any atom is -0.480 e. The molecule has 16 heavy (non-hydrogen) atoms. The van der Waals surface area contributed by atoms with Crippen LogP contribution in [-0.4, -0.2) is 55.0 Å². The summed E-state index contributed by atoms with van der Waals surface area (Å²) in [6.07, 6.45) is -4.43. The number of carbonyl (C=O) groups is 1. The van der Waals surface area contributed by atoms with Crippen LogP contribution < -0.4 is 0 Å². The average molecular weight is 243 g/mol. The summed E-state index contributed by atoms with van der Waals surface area (Å²) in [5, 5.41) is 8.96. The minimum atomic E-state index is -4.42. The maximum atomic E-state index is 12.2. The molecule has 0 aliphatic heterocycles. The van der Waals surface area contributed by atoms with Crippen LogP contribution in [0.15, 0.2) is 0 Å². The topological polar surface area (TPSA) is 49.8 Å². The molecule has 0 spiro atoms. The van der Waals surface area contributed by atoms with Crippen LogP contribution in [0.2, 0.25) is 0 Å². The van der Waals surface area contributed by atoms with Gasteiger partial charge in [-0.3, -0.25) is 9.69 Å². The minimum absolute atomic E-state index is 0.00852. The molecule has 0 aliphatic carbocycles. The first-order valence-electron chi connectivity index (χ1n) is 4.64. The van der Waals surface area contributed by atoms with E-state index in [1.165, 1.54) is 14.0 Å². The summed E-state index contributed by atoms with van der Waals surface area (Å²) in [7, 11) is 2.50. The van der Waals surface area contributed by atoms with Gasteiger partial charge in [-0.15, -0.1) is 0 Å². The van der Waals surface area contributed by atoms with Gasteiger partial charge in [-0.1, -0.05) is 0 Å². The van der Waals surface area contributed by atoms with E-state index in [0.29, 0.717) is 0 Å². The molecular formula is C9H16F3NO3. The van der Waals surface area contributed by atoms with E-state index in [4.69, 9.17) is 9.84 Å². The van der Waals surface area contributed by atoms with Crippen LogP contribution in [0.1, 0.15) is 13.3 Å². The number of hydrogen-bond acceptors (Lipinski definition) is 3. The van der Waals surface area contributed by atoms with Crippen LogP contribution in [-0.2, 0) is 9.53 Å². The van der Waals surface area contributed by atoms with Gasteiger partial charge in [0.05, 0.1) is 6.54 Å². The lowest BCUT2D eigenvalue weighted by Crippen LogP contribution is -2.54. The number of hydrogen-bond donors (Lipinski definition) is 1. The monoisotopic (exact) mass is 243 g/mol. The summed E-state index contributed by atoms with van der Waals surface area (Å²) in [6.45, 7) is 0.0740. The van der Waals surface area contributed by atoms with Crippen LogP contribution in [0.5, 0.6) is 0 Å². The summed E-state index contributed by atoms with van der Waals surface area (Å²) < 4.78 is 41.2. The highest BCUT2D eigenvalue weighted by Crippen LogP contribution is 2.24. The molecule has 7 heteroatoms. The van der Waals surface area contributed by atoms with E-state index in [1.807, 2.05) is 0 Å². The van der Waals surface area contributed by atoms with Crippen LogP contribution in [0.3, 0.4) is 0 Å². The number of ether oxygens (including phenoxy) is 1. The van der Waals surface area contributed by atoms with Gasteiger partial charge in [0.1, 0.15) is 5.54 Å². The van der Waals surface area contributed by atoms with Gasteiger partial charge in [-0.2, -0.15) is 13.2 Å². The van der Waals surface area contributed by atoms with Crippen molar-refractivity contribution in [1.29, 1.82) is 0 Å². The number of alkyl halides is 3. The average Bonchev–Trinajstić information content (AvgIpc) is 2.10. The second-order valence-corrected chi connectivity index (χ2v) is 3.79. The van der Waals surface area contributed by atoms with E-state index in [0.717, 1.165) is 11.9 Å². The Morgan fingerprint density at radius 2 is 1.94 bits per heavy atom. The van der Waals surface area contributed by atoms with Crippen molar-refractivity contribution in [3.8, 4) is 0 Å². The highest BCUT2D eigenvalue weighted by molar-refractivity contribution is 5.78. The zero-order valence-corrected chi connectivity index (χ0v) is 9.47. The molecule has 0 aromatic carbocycles. The fourth-order valence-corrected chi connectivity index (χ4v) is 1.21. The number of methoxy groups -OCH3 is 1. The van der Waals surface area contributed by atoms with E-state index in [9.17, 15) is 18.0 Å². The first-order valence-corrected chi connectivity index (χ1v) is 4.64. The standard InChI is InChI=1S/C9H16F3NO3/c1-8(7(14)15,4-5-16-3)13(2)6-9(10,11)12/h4-6H2,1-3H3,(H,14,15). The molecule has 0 saturated heterocycles. The zero-order valence-electron chi connectivity index (χ0n) is 9.47. The normalized spacial score (nSPS) is 16.2. The van der Waals surface area contributed by atoms with Gasteiger partial charge in [0.2, 0.25) is 0 Å². The first-order chi connectivity index (χ1) is 7.13. The Labute approximate surface area is 92.0 Å². The molecule has 1 unspecified atom stereocenters. The molecule has 0 radical (unpaired) electrons. The lowest BCUT2D eigenvalue weighted by molar-refractivity contribution is -0.170. The zero-order chi connectivity index (χ0) is 13.0. The fourth-order valence-electron chi connectivity index (χ4n) is 1.21. The maximum Gasteiger partial charge on any atom is 0.401 e. The number of rotatable bonds is 6. The second-order valence-electron chi connectivity index (χ2n) is 3.79. The second kappa shape index (κ2) is 5.49.